The molecule has 6 heteroatoms. The zero-order valence-electron chi connectivity index (χ0n) is 12.7. The van der Waals surface area contributed by atoms with Gasteiger partial charge in [0, 0.05) is 25.7 Å². The van der Waals surface area contributed by atoms with Gasteiger partial charge < -0.3 is 5.32 Å². The van der Waals surface area contributed by atoms with Crippen LogP contribution in [-0.4, -0.2) is 31.7 Å². The fourth-order valence-electron chi connectivity index (χ4n) is 2.86. The summed E-state index contributed by atoms with van der Waals surface area (Å²) in [5.74, 6) is 0.577. The highest BCUT2D eigenvalue weighted by atomic mass is 32.2. The summed E-state index contributed by atoms with van der Waals surface area (Å²) in [4.78, 5) is 11.3. The van der Waals surface area contributed by atoms with Gasteiger partial charge in [-0.05, 0) is 42.5 Å². The summed E-state index contributed by atoms with van der Waals surface area (Å²) in [6, 6.07) is 6.32. The fourth-order valence-corrected chi connectivity index (χ4v) is 4.54. The van der Waals surface area contributed by atoms with Crippen LogP contribution in [0.5, 0.6) is 0 Å². The van der Waals surface area contributed by atoms with Crippen molar-refractivity contribution in [3.63, 3.8) is 0 Å². The van der Waals surface area contributed by atoms with Gasteiger partial charge in [-0.25, -0.2) is 8.42 Å². The third-order valence-electron chi connectivity index (χ3n) is 3.65. The number of carbonyl (C=O) groups excluding carboxylic acids is 1. The van der Waals surface area contributed by atoms with E-state index >= 15 is 0 Å². The van der Waals surface area contributed by atoms with Crippen molar-refractivity contribution in [2.24, 2.45) is 11.8 Å². The van der Waals surface area contributed by atoms with Gasteiger partial charge in [0.25, 0.3) is 0 Å². The Morgan fingerprint density at radius 1 is 1.14 bits per heavy atom. The summed E-state index contributed by atoms with van der Waals surface area (Å²) in [5, 5.41) is 2.63. The lowest BCUT2D eigenvalue weighted by Gasteiger charge is -2.34. The molecule has 2 rings (SSSR count). The molecule has 2 atom stereocenters. The van der Waals surface area contributed by atoms with Crippen molar-refractivity contribution in [1.29, 1.82) is 0 Å². The first-order valence-electron chi connectivity index (χ1n) is 7.17. The highest BCUT2D eigenvalue weighted by Crippen LogP contribution is 2.27. The van der Waals surface area contributed by atoms with Crippen molar-refractivity contribution < 1.29 is 13.2 Å². The number of anilines is 1. The van der Waals surface area contributed by atoms with Crippen LogP contribution in [0, 0.1) is 11.8 Å². The summed E-state index contributed by atoms with van der Waals surface area (Å²) in [6.45, 7) is 6.72. The van der Waals surface area contributed by atoms with Crippen LogP contribution in [0.25, 0.3) is 0 Å². The number of hydrogen-bond acceptors (Lipinski definition) is 3. The zero-order valence-corrected chi connectivity index (χ0v) is 13.5. The first-order valence-corrected chi connectivity index (χ1v) is 8.61. The number of nitrogens with zero attached hydrogens (tertiary/aromatic N) is 1. The Kier molecular flexibility index (Phi) is 4.68. The molecule has 0 radical (unpaired) electrons. The number of rotatable bonds is 3. The van der Waals surface area contributed by atoms with Crippen LogP contribution in [0.4, 0.5) is 5.69 Å². The van der Waals surface area contributed by atoms with Gasteiger partial charge in [0.2, 0.25) is 15.9 Å². The second kappa shape index (κ2) is 6.15. The van der Waals surface area contributed by atoms with E-state index in [9.17, 15) is 13.2 Å². The minimum atomic E-state index is -3.45. The lowest BCUT2D eigenvalue weighted by Crippen LogP contribution is -2.42. The fraction of sp³-hybridized carbons (Fsp3) is 0.533. The Labute approximate surface area is 126 Å². The highest BCUT2D eigenvalue weighted by Gasteiger charge is 2.31. The van der Waals surface area contributed by atoms with Crippen LogP contribution >= 0.6 is 0 Å². The van der Waals surface area contributed by atoms with Crippen molar-refractivity contribution in [3.8, 4) is 0 Å². The van der Waals surface area contributed by atoms with Gasteiger partial charge in [0.1, 0.15) is 0 Å². The maximum absolute atomic E-state index is 12.7. The number of hydrogen-bond donors (Lipinski definition) is 1. The number of amides is 1. The van der Waals surface area contributed by atoms with Gasteiger partial charge >= 0.3 is 0 Å². The normalized spacial score (nSPS) is 23.8. The Morgan fingerprint density at radius 3 is 2.14 bits per heavy atom. The van der Waals surface area contributed by atoms with Crippen LogP contribution in [0.15, 0.2) is 29.2 Å². The van der Waals surface area contributed by atoms with E-state index in [0.717, 1.165) is 6.42 Å². The third-order valence-corrected chi connectivity index (χ3v) is 5.49. The summed E-state index contributed by atoms with van der Waals surface area (Å²) < 4.78 is 26.9. The largest absolute Gasteiger partial charge is 0.326 e. The van der Waals surface area contributed by atoms with Crippen molar-refractivity contribution in [1.82, 2.24) is 4.31 Å². The van der Waals surface area contributed by atoms with E-state index in [1.54, 1.807) is 28.6 Å². The van der Waals surface area contributed by atoms with Gasteiger partial charge in [-0.15, -0.1) is 0 Å². The number of sulfonamides is 1. The van der Waals surface area contributed by atoms with E-state index in [-0.39, 0.29) is 10.8 Å². The highest BCUT2D eigenvalue weighted by molar-refractivity contribution is 7.89. The second-order valence-corrected chi connectivity index (χ2v) is 7.91. The van der Waals surface area contributed by atoms with Crippen LogP contribution in [0.1, 0.15) is 27.2 Å². The molecule has 0 bridgehead atoms. The van der Waals surface area contributed by atoms with E-state index in [1.165, 1.54) is 6.92 Å². The molecule has 1 fully saturated rings. The summed E-state index contributed by atoms with van der Waals surface area (Å²) in [6.07, 6.45) is 1.06. The monoisotopic (exact) mass is 310 g/mol. The molecule has 1 aromatic rings. The third kappa shape index (κ3) is 3.83. The number of carbonyl (C=O) groups is 1. The SMILES string of the molecule is CC(=O)Nc1ccc(S(=O)(=O)N2C[C@H](C)C[C@@H](C)C2)cc1. The first kappa shape index (κ1) is 16.0. The van der Waals surface area contributed by atoms with Gasteiger partial charge in [0.05, 0.1) is 4.90 Å². The molecule has 1 heterocycles. The minimum absolute atomic E-state index is 0.177. The van der Waals surface area contributed by atoms with Crippen molar-refractivity contribution in [2.75, 3.05) is 18.4 Å². The molecule has 1 N–H and O–H groups in total. The first-order chi connectivity index (χ1) is 9.79. The minimum Gasteiger partial charge on any atom is -0.326 e. The van der Waals surface area contributed by atoms with Gasteiger partial charge in [-0.3, -0.25) is 4.79 Å². The standard InChI is InChI=1S/C15H22N2O3S/c1-11-8-12(2)10-17(9-11)21(19,20)15-6-4-14(5-7-15)16-13(3)18/h4-7,11-12H,8-10H2,1-3H3,(H,16,18)/t11-,12-/m1/s1. The average Bonchev–Trinajstić information content (AvgIpc) is 2.37. The van der Waals surface area contributed by atoms with E-state index in [1.807, 2.05) is 0 Å². The van der Waals surface area contributed by atoms with E-state index in [4.69, 9.17) is 0 Å². The Morgan fingerprint density at radius 2 is 1.67 bits per heavy atom. The van der Waals surface area contributed by atoms with Crippen LogP contribution in [0.2, 0.25) is 0 Å². The van der Waals surface area contributed by atoms with E-state index < -0.39 is 10.0 Å². The molecule has 0 aromatic heterocycles. The molecule has 116 valence electrons. The molecule has 5 nitrogen and oxygen atoms in total. The lowest BCUT2D eigenvalue weighted by molar-refractivity contribution is -0.114. The maximum atomic E-state index is 12.7. The molecule has 1 aliphatic heterocycles. The van der Waals surface area contributed by atoms with E-state index in [2.05, 4.69) is 19.2 Å². The Hall–Kier alpha value is -1.40. The molecule has 1 aliphatic rings. The summed E-state index contributed by atoms with van der Waals surface area (Å²) in [7, 11) is -3.45. The van der Waals surface area contributed by atoms with Gasteiger partial charge in [-0.1, -0.05) is 13.8 Å². The summed E-state index contributed by atoms with van der Waals surface area (Å²) in [5.41, 5.74) is 0.599. The zero-order chi connectivity index (χ0) is 15.6. The molecule has 0 spiro atoms. The van der Waals surface area contributed by atoms with Crippen LogP contribution in [0.3, 0.4) is 0 Å². The van der Waals surface area contributed by atoms with Crippen molar-refractivity contribution in [3.05, 3.63) is 24.3 Å². The molecular weight excluding hydrogens is 288 g/mol. The van der Waals surface area contributed by atoms with Crippen molar-refractivity contribution in [2.45, 2.75) is 32.1 Å². The van der Waals surface area contributed by atoms with Crippen LogP contribution < -0.4 is 5.32 Å². The summed E-state index contributed by atoms with van der Waals surface area (Å²) >= 11 is 0. The molecule has 1 saturated heterocycles. The van der Waals surface area contributed by atoms with Gasteiger partial charge in [-0.2, -0.15) is 4.31 Å². The molecule has 0 aliphatic carbocycles. The second-order valence-electron chi connectivity index (χ2n) is 5.97. The van der Waals surface area contributed by atoms with Crippen LogP contribution in [-0.2, 0) is 14.8 Å². The molecule has 1 amide bonds. The average molecular weight is 310 g/mol. The number of piperidine rings is 1. The molecule has 21 heavy (non-hydrogen) atoms. The molecular formula is C15H22N2O3S. The predicted molar refractivity (Wildman–Crippen MR) is 82.4 cm³/mol. The number of nitrogens with one attached hydrogen (secondary N) is 1. The predicted octanol–water partition coefficient (Wildman–Crippen LogP) is 2.31. The topological polar surface area (TPSA) is 66.5 Å². The Bertz CT molecular complexity index is 600. The Balaban J connectivity index is 2.21. The number of benzene rings is 1. The molecule has 1 aromatic carbocycles. The van der Waals surface area contributed by atoms with E-state index in [0.29, 0.717) is 30.6 Å². The lowest BCUT2D eigenvalue weighted by atomic mass is 9.94. The molecule has 0 unspecified atom stereocenters. The maximum Gasteiger partial charge on any atom is 0.243 e. The van der Waals surface area contributed by atoms with Gasteiger partial charge in [0.15, 0.2) is 0 Å². The quantitative estimate of drug-likeness (QED) is 0.931. The van der Waals surface area contributed by atoms with Crippen molar-refractivity contribution >= 4 is 21.6 Å². The smallest absolute Gasteiger partial charge is 0.243 e. The molecule has 0 saturated carbocycles.